The first-order valence-corrected chi connectivity index (χ1v) is 7.15. The number of carbonyl (C=O) groups excluding carboxylic acids is 2. The number of aryl methyl sites for hydroxylation is 1. The Balaban J connectivity index is 3.15. The van der Waals surface area contributed by atoms with E-state index in [0.717, 1.165) is 11.8 Å². The summed E-state index contributed by atoms with van der Waals surface area (Å²) < 4.78 is 33.6. The molecule has 6 nitrogen and oxygen atoms in total. The molecule has 0 N–H and O–H groups in total. The van der Waals surface area contributed by atoms with Crippen molar-refractivity contribution in [3.63, 3.8) is 0 Å². The van der Waals surface area contributed by atoms with E-state index >= 15 is 0 Å². The maximum Gasteiger partial charge on any atom is 0.333 e. The fraction of sp³-hybridized carbons (Fsp3) is 0.231. The van der Waals surface area contributed by atoms with Crippen LogP contribution in [0.2, 0.25) is 0 Å². The normalized spacial score (nSPS) is 12.2. The molecule has 0 aliphatic carbocycles. The smallest absolute Gasteiger partial charge is 0.333 e. The van der Waals surface area contributed by atoms with E-state index in [2.05, 4.69) is 16.1 Å². The number of sulfone groups is 1. The van der Waals surface area contributed by atoms with Crippen molar-refractivity contribution in [3.05, 3.63) is 42.7 Å². The van der Waals surface area contributed by atoms with E-state index in [1.54, 1.807) is 19.1 Å². The van der Waals surface area contributed by atoms with Gasteiger partial charge in [0, 0.05) is 0 Å². The average Bonchev–Trinajstić information content (AvgIpc) is 2.39. The summed E-state index contributed by atoms with van der Waals surface area (Å²) in [5.41, 5.74) is 0.873. The van der Waals surface area contributed by atoms with Gasteiger partial charge in [0.2, 0.25) is 0 Å². The summed E-state index contributed by atoms with van der Waals surface area (Å²) in [6.45, 7) is 4.43. The molecule has 7 heteroatoms. The Hall–Kier alpha value is -2.15. The van der Waals surface area contributed by atoms with E-state index in [0.29, 0.717) is 0 Å². The van der Waals surface area contributed by atoms with Gasteiger partial charge in [-0.1, -0.05) is 24.3 Å². The number of hydrogen-bond acceptors (Lipinski definition) is 6. The molecule has 1 aromatic carbocycles. The van der Waals surface area contributed by atoms with Crippen LogP contribution in [0.3, 0.4) is 0 Å². The second kappa shape index (κ2) is 6.85. The molecule has 0 aliphatic heterocycles. The number of esters is 1. The van der Waals surface area contributed by atoms with Crippen LogP contribution in [0.25, 0.3) is 0 Å². The van der Waals surface area contributed by atoms with Gasteiger partial charge in [0.1, 0.15) is 6.61 Å². The summed E-state index contributed by atoms with van der Waals surface area (Å²) >= 11 is 0. The largest absolute Gasteiger partial charge is 0.466 e. The van der Waals surface area contributed by atoms with Crippen LogP contribution < -0.4 is 0 Å². The zero-order valence-corrected chi connectivity index (χ0v) is 11.6. The molecular weight excluding hydrogens is 284 g/mol. The zero-order chi connectivity index (χ0) is 15.2. The third-order valence-corrected chi connectivity index (χ3v) is 4.51. The Bertz CT molecular complexity index is 588. The minimum Gasteiger partial charge on any atom is -0.466 e. The number of hydrogen-bond donors (Lipinski definition) is 0. The molecule has 1 atom stereocenters. The first-order chi connectivity index (χ1) is 9.43. The SMILES string of the molecule is C=COC(=O)C(COC=O)S(=O)(=O)c1ccc(C)cc1. The first-order valence-electron chi connectivity index (χ1n) is 5.60. The van der Waals surface area contributed by atoms with E-state index in [1.807, 2.05) is 0 Å². The highest BCUT2D eigenvalue weighted by atomic mass is 32.2. The second-order valence-corrected chi connectivity index (χ2v) is 6.01. The molecule has 1 rings (SSSR count). The Labute approximate surface area is 116 Å². The van der Waals surface area contributed by atoms with Crippen molar-refractivity contribution < 1.29 is 27.5 Å². The lowest BCUT2D eigenvalue weighted by Crippen LogP contribution is -2.35. The van der Waals surface area contributed by atoms with E-state index in [1.165, 1.54) is 12.1 Å². The molecule has 0 aromatic heterocycles. The van der Waals surface area contributed by atoms with Gasteiger partial charge in [0.25, 0.3) is 6.47 Å². The Morgan fingerprint density at radius 3 is 2.45 bits per heavy atom. The second-order valence-electron chi connectivity index (χ2n) is 3.88. The highest BCUT2D eigenvalue weighted by Gasteiger charge is 2.36. The molecular formula is C13H14O6S. The number of carbonyl (C=O) groups is 2. The standard InChI is InChI=1S/C13H14O6S/c1-3-19-13(15)12(8-18-9-14)20(16,17)11-6-4-10(2)5-7-11/h3-7,9,12H,1,8H2,2H3. The van der Waals surface area contributed by atoms with Crippen LogP contribution in [0.4, 0.5) is 0 Å². The molecule has 0 fully saturated rings. The predicted octanol–water partition coefficient (Wildman–Crippen LogP) is 0.997. The van der Waals surface area contributed by atoms with Gasteiger partial charge in [-0.25, -0.2) is 8.42 Å². The van der Waals surface area contributed by atoms with Gasteiger partial charge in [-0.15, -0.1) is 0 Å². The Morgan fingerprint density at radius 1 is 1.35 bits per heavy atom. The van der Waals surface area contributed by atoms with E-state index in [9.17, 15) is 18.0 Å². The first kappa shape index (κ1) is 15.9. The third-order valence-electron chi connectivity index (χ3n) is 2.50. The van der Waals surface area contributed by atoms with Crippen LogP contribution in [-0.4, -0.2) is 32.7 Å². The summed E-state index contributed by atoms with van der Waals surface area (Å²) in [4.78, 5) is 21.8. The Morgan fingerprint density at radius 2 is 1.95 bits per heavy atom. The zero-order valence-electron chi connectivity index (χ0n) is 10.8. The third kappa shape index (κ3) is 3.67. The van der Waals surface area contributed by atoms with Gasteiger partial charge in [0.15, 0.2) is 15.1 Å². The van der Waals surface area contributed by atoms with Crippen molar-refractivity contribution in [3.8, 4) is 0 Å². The maximum atomic E-state index is 12.3. The van der Waals surface area contributed by atoms with Crippen molar-refractivity contribution in [2.45, 2.75) is 17.1 Å². The molecule has 0 saturated carbocycles. The van der Waals surface area contributed by atoms with Crippen molar-refractivity contribution in [2.75, 3.05) is 6.61 Å². The molecule has 0 amide bonds. The molecule has 1 aromatic rings. The van der Waals surface area contributed by atoms with E-state index in [-0.39, 0.29) is 11.4 Å². The lowest BCUT2D eigenvalue weighted by Gasteiger charge is -2.14. The average molecular weight is 298 g/mol. The van der Waals surface area contributed by atoms with E-state index < -0.39 is 27.7 Å². The molecule has 0 saturated heterocycles. The summed E-state index contributed by atoms with van der Waals surface area (Å²) in [5.74, 6) is -1.05. The number of ether oxygens (including phenoxy) is 2. The van der Waals surface area contributed by atoms with Crippen LogP contribution in [0, 0.1) is 6.92 Å². The molecule has 0 radical (unpaired) electrons. The monoisotopic (exact) mass is 298 g/mol. The summed E-state index contributed by atoms with van der Waals surface area (Å²) in [5, 5.41) is -1.63. The fourth-order valence-corrected chi connectivity index (χ4v) is 2.87. The number of rotatable bonds is 7. The molecule has 108 valence electrons. The molecule has 20 heavy (non-hydrogen) atoms. The van der Waals surface area contributed by atoms with Gasteiger partial charge < -0.3 is 9.47 Å². The summed E-state index contributed by atoms with van der Waals surface area (Å²) in [7, 11) is -4.02. The minimum atomic E-state index is -4.02. The lowest BCUT2D eigenvalue weighted by molar-refractivity contribution is -0.139. The molecule has 0 spiro atoms. The highest BCUT2D eigenvalue weighted by molar-refractivity contribution is 7.92. The van der Waals surface area contributed by atoms with Crippen LogP contribution >= 0.6 is 0 Å². The lowest BCUT2D eigenvalue weighted by atomic mass is 10.2. The predicted molar refractivity (Wildman–Crippen MR) is 70.5 cm³/mol. The Kier molecular flexibility index (Phi) is 5.45. The topological polar surface area (TPSA) is 86.7 Å². The maximum absolute atomic E-state index is 12.3. The quantitative estimate of drug-likeness (QED) is 0.424. The van der Waals surface area contributed by atoms with Gasteiger partial charge in [-0.3, -0.25) is 9.59 Å². The van der Waals surface area contributed by atoms with Crippen molar-refractivity contribution in [2.24, 2.45) is 0 Å². The molecule has 0 bridgehead atoms. The van der Waals surface area contributed by atoms with Crippen molar-refractivity contribution in [1.82, 2.24) is 0 Å². The van der Waals surface area contributed by atoms with Crippen LogP contribution in [-0.2, 0) is 28.9 Å². The van der Waals surface area contributed by atoms with Gasteiger partial charge in [0.05, 0.1) is 11.2 Å². The van der Waals surface area contributed by atoms with Gasteiger partial charge in [-0.2, -0.15) is 0 Å². The van der Waals surface area contributed by atoms with E-state index in [4.69, 9.17) is 0 Å². The van der Waals surface area contributed by atoms with Crippen LogP contribution in [0.1, 0.15) is 5.56 Å². The van der Waals surface area contributed by atoms with Crippen molar-refractivity contribution in [1.29, 1.82) is 0 Å². The molecule has 1 unspecified atom stereocenters. The van der Waals surface area contributed by atoms with Gasteiger partial charge in [-0.05, 0) is 19.1 Å². The summed E-state index contributed by atoms with van der Waals surface area (Å²) in [6.07, 6.45) is 0.820. The molecule has 0 aliphatic rings. The number of benzene rings is 1. The molecule has 0 heterocycles. The summed E-state index contributed by atoms with van der Waals surface area (Å²) in [6, 6.07) is 5.95. The van der Waals surface area contributed by atoms with Crippen LogP contribution in [0.5, 0.6) is 0 Å². The fourth-order valence-electron chi connectivity index (χ4n) is 1.46. The minimum absolute atomic E-state index is 0.0522. The van der Waals surface area contributed by atoms with Crippen LogP contribution in [0.15, 0.2) is 42.0 Å². The van der Waals surface area contributed by atoms with Crippen molar-refractivity contribution >= 4 is 22.3 Å². The van der Waals surface area contributed by atoms with Gasteiger partial charge >= 0.3 is 5.97 Å². The highest BCUT2D eigenvalue weighted by Crippen LogP contribution is 2.18.